The summed E-state index contributed by atoms with van der Waals surface area (Å²) < 4.78 is 0. The van der Waals surface area contributed by atoms with Gasteiger partial charge in [0.1, 0.15) is 0 Å². The third-order valence-corrected chi connectivity index (χ3v) is 4.59. The normalized spacial score (nSPS) is 27.1. The van der Waals surface area contributed by atoms with E-state index in [1.165, 1.54) is 51.4 Å². The first-order chi connectivity index (χ1) is 10.2. The van der Waals surface area contributed by atoms with Gasteiger partial charge in [-0.3, -0.25) is 0 Å². The predicted octanol–water partition coefficient (Wildman–Crippen LogP) is 2.35. The molecular weight excluding hydrogens is 266 g/mol. The molecule has 1 fully saturated rings. The third-order valence-electron chi connectivity index (χ3n) is 4.59. The summed E-state index contributed by atoms with van der Waals surface area (Å²) in [6.45, 7) is 2.62. The first-order valence-electron chi connectivity index (χ1n) is 8.94. The molecule has 0 aromatic carbocycles. The van der Waals surface area contributed by atoms with Crippen LogP contribution < -0.4 is 5.32 Å². The molecule has 4 N–H and O–H groups in total. The molecule has 0 aliphatic carbocycles. The molecule has 0 unspecified atom stereocenters. The number of hydrogen-bond acceptors (Lipinski definition) is 4. The zero-order valence-electron chi connectivity index (χ0n) is 13.6. The van der Waals surface area contributed by atoms with E-state index in [0.29, 0.717) is 13.0 Å². The molecule has 21 heavy (non-hydrogen) atoms. The van der Waals surface area contributed by atoms with Crippen LogP contribution in [0.15, 0.2) is 0 Å². The van der Waals surface area contributed by atoms with Gasteiger partial charge in [0.05, 0.1) is 24.4 Å². The molecule has 0 spiro atoms. The Morgan fingerprint density at radius 1 is 0.905 bits per heavy atom. The van der Waals surface area contributed by atoms with Crippen LogP contribution in [0.25, 0.3) is 0 Å². The molecule has 0 saturated carbocycles. The van der Waals surface area contributed by atoms with E-state index in [4.69, 9.17) is 0 Å². The van der Waals surface area contributed by atoms with E-state index >= 15 is 0 Å². The molecule has 0 amide bonds. The summed E-state index contributed by atoms with van der Waals surface area (Å²) in [6, 6.07) is -0.362. The Kier molecular flexibility index (Phi) is 10.3. The second-order valence-corrected chi connectivity index (χ2v) is 6.53. The molecule has 1 aliphatic rings. The fourth-order valence-corrected chi connectivity index (χ4v) is 3.12. The van der Waals surface area contributed by atoms with Gasteiger partial charge in [0.2, 0.25) is 0 Å². The van der Waals surface area contributed by atoms with Gasteiger partial charge >= 0.3 is 0 Å². The van der Waals surface area contributed by atoms with Crippen molar-refractivity contribution in [2.75, 3.05) is 6.54 Å². The quantitative estimate of drug-likeness (QED) is 0.418. The lowest BCUT2D eigenvalue weighted by Gasteiger charge is -2.22. The number of nitrogens with one attached hydrogen (secondary N) is 1. The standard InChI is InChI=1S/C17H35NO3/c1-2-3-4-5-6-7-8-9-10-11-12-14(19)16-17(21)15(20)13-18-16/h14-21H,2-13H2,1H3/t14-,15-,16-,17+/m1/s1. The monoisotopic (exact) mass is 301 g/mol. The number of aliphatic hydroxyl groups excluding tert-OH is 3. The fraction of sp³-hybridized carbons (Fsp3) is 1.00. The summed E-state index contributed by atoms with van der Waals surface area (Å²) in [5.74, 6) is 0. The highest BCUT2D eigenvalue weighted by Crippen LogP contribution is 2.17. The molecule has 4 nitrogen and oxygen atoms in total. The van der Waals surface area contributed by atoms with E-state index in [1.807, 2.05) is 0 Å². The van der Waals surface area contributed by atoms with Crippen LogP contribution in [0.4, 0.5) is 0 Å². The Hall–Kier alpha value is -0.160. The highest BCUT2D eigenvalue weighted by atomic mass is 16.3. The molecule has 0 aromatic rings. The lowest BCUT2D eigenvalue weighted by molar-refractivity contribution is 0.00410. The van der Waals surface area contributed by atoms with Crippen molar-refractivity contribution in [1.82, 2.24) is 5.32 Å². The lowest BCUT2D eigenvalue weighted by atomic mass is 9.99. The van der Waals surface area contributed by atoms with Crippen molar-refractivity contribution < 1.29 is 15.3 Å². The van der Waals surface area contributed by atoms with Crippen LogP contribution in [0, 0.1) is 0 Å². The van der Waals surface area contributed by atoms with Crippen LogP contribution in [0.5, 0.6) is 0 Å². The van der Waals surface area contributed by atoms with E-state index in [-0.39, 0.29) is 6.04 Å². The minimum atomic E-state index is -0.830. The number of hydrogen-bond donors (Lipinski definition) is 4. The van der Waals surface area contributed by atoms with Crippen LogP contribution >= 0.6 is 0 Å². The second-order valence-electron chi connectivity index (χ2n) is 6.53. The number of β-amino-alcohol motifs (C(OH)–C–C–N with tert-alkyl or cyclic N) is 1. The molecule has 0 radical (unpaired) electrons. The maximum atomic E-state index is 10.0. The van der Waals surface area contributed by atoms with E-state index in [0.717, 1.165) is 12.8 Å². The number of aliphatic hydroxyl groups is 3. The minimum Gasteiger partial charge on any atom is -0.391 e. The van der Waals surface area contributed by atoms with Crippen molar-refractivity contribution in [3.05, 3.63) is 0 Å². The van der Waals surface area contributed by atoms with Crippen molar-refractivity contribution in [3.63, 3.8) is 0 Å². The Balaban J connectivity index is 1.90. The molecule has 0 bridgehead atoms. The van der Waals surface area contributed by atoms with Crippen molar-refractivity contribution in [1.29, 1.82) is 0 Å². The number of rotatable bonds is 12. The minimum absolute atomic E-state index is 0.362. The van der Waals surface area contributed by atoms with Crippen molar-refractivity contribution in [2.45, 2.75) is 102 Å². The molecule has 126 valence electrons. The second kappa shape index (κ2) is 11.4. The average molecular weight is 301 g/mol. The van der Waals surface area contributed by atoms with Crippen LogP contribution in [0.2, 0.25) is 0 Å². The van der Waals surface area contributed by atoms with Gasteiger partial charge in [-0.05, 0) is 6.42 Å². The summed E-state index contributed by atoms with van der Waals surface area (Å²) in [5.41, 5.74) is 0. The zero-order valence-corrected chi connectivity index (χ0v) is 13.6. The summed E-state index contributed by atoms with van der Waals surface area (Å²) in [4.78, 5) is 0. The predicted molar refractivity (Wildman–Crippen MR) is 86.3 cm³/mol. The van der Waals surface area contributed by atoms with Gasteiger partial charge in [-0.25, -0.2) is 0 Å². The zero-order chi connectivity index (χ0) is 15.5. The van der Waals surface area contributed by atoms with Gasteiger partial charge in [0.25, 0.3) is 0 Å². The van der Waals surface area contributed by atoms with E-state index < -0.39 is 18.3 Å². The van der Waals surface area contributed by atoms with Crippen molar-refractivity contribution in [3.8, 4) is 0 Å². The van der Waals surface area contributed by atoms with E-state index in [1.54, 1.807) is 0 Å². The molecule has 1 aliphatic heterocycles. The molecule has 0 aromatic heterocycles. The van der Waals surface area contributed by atoms with Crippen LogP contribution in [0.1, 0.15) is 77.6 Å². The van der Waals surface area contributed by atoms with Crippen LogP contribution in [-0.2, 0) is 0 Å². The Labute approximate surface area is 130 Å². The Morgan fingerprint density at radius 2 is 1.43 bits per heavy atom. The molecule has 1 rings (SSSR count). The van der Waals surface area contributed by atoms with Gasteiger partial charge < -0.3 is 20.6 Å². The van der Waals surface area contributed by atoms with Crippen LogP contribution in [0.3, 0.4) is 0 Å². The Bertz CT molecular complexity index is 250. The topological polar surface area (TPSA) is 72.7 Å². The van der Waals surface area contributed by atoms with Crippen molar-refractivity contribution in [2.24, 2.45) is 0 Å². The smallest absolute Gasteiger partial charge is 0.0989 e. The largest absolute Gasteiger partial charge is 0.391 e. The fourth-order valence-electron chi connectivity index (χ4n) is 3.12. The van der Waals surface area contributed by atoms with Crippen LogP contribution in [-0.4, -0.2) is 46.2 Å². The molecule has 1 saturated heterocycles. The highest BCUT2D eigenvalue weighted by molar-refractivity contribution is 4.94. The van der Waals surface area contributed by atoms with E-state index in [9.17, 15) is 15.3 Å². The lowest BCUT2D eigenvalue weighted by Crippen LogP contribution is -2.43. The maximum absolute atomic E-state index is 10.0. The van der Waals surface area contributed by atoms with Crippen molar-refractivity contribution >= 4 is 0 Å². The maximum Gasteiger partial charge on any atom is 0.0989 e. The third kappa shape index (κ3) is 7.59. The SMILES string of the molecule is CCCCCCCCCCCC[C@@H](O)[C@H]1NC[C@@H](O)[C@@H]1O. The summed E-state index contributed by atoms with van der Waals surface area (Å²) >= 11 is 0. The number of unbranched alkanes of at least 4 members (excludes halogenated alkanes) is 9. The summed E-state index contributed by atoms with van der Waals surface area (Å²) in [7, 11) is 0. The van der Waals surface area contributed by atoms with Gasteiger partial charge in [0.15, 0.2) is 0 Å². The Morgan fingerprint density at radius 3 is 1.90 bits per heavy atom. The van der Waals surface area contributed by atoms with Gasteiger partial charge in [-0.2, -0.15) is 0 Å². The first kappa shape index (κ1) is 18.9. The molecular formula is C17H35NO3. The molecule has 4 atom stereocenters. The first-order valence-corrected chi connectivity index (χ1v) is 8.94. The average Bonchev–Trinajstić information content (AvgIpc) is 2.81. The van der Waals surface area contributed by atoms with Gasteiger partial charge in [-0.15, -0.1) is 0 Å². The molecule has 4 heteroatoms. The van der Waals surface area contributed by atoms with Gasteiger partial charge in [0, 0.05) is 6.54 Å². The molecule has 1 heterocycles. The van der Waals surface area contributed by atoms with E-state index in [2.05, 4.69) is 12.2 Å². The summed E-state index contributed by atoms with van der Waals surface area (Å²) in [6.07, 6.45) is 11.4. The van der Waals surface area contributed by atoms with Gasteiger partial charge in [-0.1, -0.05) is 71.1 Å². The highest BCUT2D eigenvalue weighted by Gasteiger charge is 2.37. The summed E-state index contributed by atoms with van der Waals surface area (Å²) in [5, 5.41) is 32.2.